The molecule has 0 aliphatic rings. The zero-order valence-electron chi connectivity index (χ0n) is 15.7. The second-order valence-corrected chi connectivity index (χ2v) is 7.65. The van der Waals surface area contributed by atoms with Gasteiger partial charge in [0.15, 0.2) is 5.82 Å². The van der Waals surface area contributed by atoms with Gasteiger partial charge in [-0.15, -0.1) is 10.2 Å². The lowest BCUT2D eigenvalue weighted by Crippen LogP contribution is -2.34. The Morgan fingerprint density at radius 1 is 1.35 bits per heavy atom. The number of carbonyl (C=O) groups is 1. The molecule has 1 aromatic heterocycles. The van der Waals surface area contributed by atoms with Gasteiger partial charge in [-0.2, -0.15) is 5.21 Å². The second-order valence-electron chi connectivity index (χ2n) is 7.65. The summed E-state index contributed by atoms with van der Waals surface area (Å²) in [5.41, 5.74) is 0.417. The summed E-state index contributed by atoms with van der Waals surface area (Å²) in [5.74, 6) is 0.113. The molecule has 9 heteroatoms. The maximum Gasteiger partial charge on any atom is 0.282 e. The van der Waals surface area contributed by atoms with Crippen molar-refractivity contribution < 1.29 is 9.72 Å². The Hall–Kier alpha value is -2.84. The van der Waals surface area contributed by atoms with Crippen molar-refractivity contribution in [1.82, 2.24) is 25.5 Å². The Balaban J connectivity index is 2.42. The van der Waals surface area contributed by atoms with Gasteiger partial charge in [0.25, 0.3) is 11.6 Å². The van der Waals surface area contributed by atoms with Crippen LogP contribution in [0.5, 0.6) is 0 Å². The average Bonchev–Trinajstić information content (AvgIpc) is 3.04. The fourth-order valence-corrected chi connectivity index (χ4v) is 2.58. The second kappa shape index (κ2) is 7.59. The first-order chi connectivity index (χ1) is 12.1. The smallest absolute Gasteiger partial charge is 0.282 e. The molecule has 26 heavy (non-hydrogen) atoms. The third-order valence-corrected chi connectivity index (χ3v) is 3.89. The number of tetrazole rings is 1. The first-order valence-corrected chi connectivity index (χ1v) is 8.40. The molecule has 0 radical (unpaired) electrons. The predicted molar refractivity (Wildman–Crippen MR) is 95.6 cm³/mol. The molecular formula is C17H24N6O3. The summed E-state index contributed by atoms with van der Waals surface area (Å²) in [6, 6.07) is 4.78. The molecule has 1 heterocycles. The highest BCUT2D eigenvalue weighted by atomic mass is 16.6. The molecular weight excluding hydrogens is 336 g/mol. The number of aromatic amines is 1. The monoisotopic (exact) mass is 360 g/mol. The summed E-state index contributed by atoms with van der Waals surface area (Å²) in [4.78, 5) is 25.6. The molecule has 0 unspecified atom stereocenters. The summed E-state index contributed by atoms with van der Waals surface area (Å²) in [6.45, 7) is 10.4. The molecule has 0 fully saturated rings. The average molecular weight is 360 g/mol. The van der Waals surface area contributed by atoms with Crippen LogP contribution in [0.1, 0.15) is 56.4 Å². The van der Waals surface area contributed by atoms with Gasteiger partial charge in [-0.1, -0.05) is 45.9 Å². The van der Waals surface area contributed by atoms with Crippen LogP contribution in [-0.4, -0.2) is 42.9 Å². The highest BCUT2D eigenvalue weighted by molar-refractivity contribution is 5.98. The largest absolute Gasteiger partial charge is 0.330 e. The summed E-state index contributed by atoms with van der Waals surface area (Å²) in [7, 11) is 0. The van der Waals surface area contributed by atoms with Crippen molar-refractivity contribution in [3.05, 3.63) is 45.3 Å². The van der Waals surface area contributed by atoms with Gasteiger partial charge in [0, 0.05) is 12.6 Å². The Morgan fingerprint density at radius 2 is 2.04 bits per heavy atom. The summed E-state index contributed by atoms with van der Waals surface area (Å²) in [5, 5.41) is 25.1. The van der Waals surface area contributed by atoms with E-state index in [9.17, 15) is 14.9 Å². The van der Waals surface area contributed by atoms with E-state index in [4.69, 9.17) is 0 Å². The molecule has 0 aliphatic carbocycles. The number of nitrogens with zero attached hydrogens (tertiary/aromatic N) is 5. The molecule has 2 aromatic rings. The van der Waals surface area contributed by atoms with E-state index in [2.05, 4.69) is 20.6 Å². The van der Waals surface area contributed by atoms with Gasteiger partial charge in [0.1, 0.15) is 5.56 Å². The number of rotatable bonds is 6. The van der Waals surface area contributed by atoms with Crippen molar-refractivity contribution in [2.75, 3.05) is 6.54 Å². The van der Waals surface area contributed by atoms with Crippen LogP contribution in [0.3, 0.4) is 0 Å². The Morgan fingerprint density at radius 3 is 2.54 bits per heavy atom. The molecule has 0 spiro atoms. The molecule has 0 bridgehead atoms. The molecule has 140 valence electrons. The van der Waals surface area contributed by atoms with Gasteiger partial charge in [0.2, 0.25) is 0 Å². The van der Waals surface area contributed by atoms with E-state index in [1.54, 1.807) is 6.07 Å². The van der Waals surface area contributed by atoms with Crippen molar-refractivity contribution >= 4 is 11.6 Å². The number of aromatic nitrogens is 4. The number of nitrogens with one attached hydrogen (secondary N) is 1. The van der Waals surface area contributed by atoms with Crippen molar-refractivity contribution in [3.63, 3.8) is 0 Å². The standard InChI is InChI=1S/C17H24N6O3/c1-11(2)9-22(10-15-18-20-21-19-15)16(24)13-7-6-12(17(3,4)5)8-14(13)23(25)26/h6-8,11H,9-10H2,1-5H3,(H,18,19,20,21). The fraction of sp³-hybridized carbons (Fsp3) is 0.529. The molecule has 0 aliphatic heterocycles. The lowest BCUT2D eigenvalue weighted by molar-refractivity contribution is -0.385. The van der Waals surface area contributed by atoms with Crippen LogP contribution in [0.25, 0.3) is 0 Å². The zero-order chi connectivity index (χ0) is 19.5. The molecule has 2 rings (SSSR count). The SMILES string of the molecule is CC(C)CN(Cc1nn[nH]n1)C(=O)c1ccc(C(C)(C)C)cc1[N+](=O)[O-]. The molecule has 1 amide bonds. The maximum absolute atomic E-state index is 13.0. The summed E-state index contributed by atoms with van der Waals surface area (Å²) in [6.07, 6.45) is 0. The lowest BCUT2D eigenvalue weighted by Gasteiger charge is -2.24. The van der Waals surface area contributed by atoms with Gasteiger partial charge in [-0.05, 0) is 23.0 Å². The van der Waals surface area contributed by atoms with Gasteiger partial charge in [-0.3, -0.25) is 14.9 Å². The number of hydrogen-bond acceptors (Lipinski definition) is 6. The summed E-state index contributed by atoms with van der Waals surface area (Å²) < 4.78 is 0. The topological polar surface area (TPSA) is 118 Å². The Labute approximate surface area is 151 Å². The quantitative estimate of drug-likeness (QED) is 0.625. The first-order valence-electron chi connectivity index (χ1n) is 8.40. The van der Waals surface area contributed by atoms with Crippen molar-refractivity contribution in [2.24, 2.45) is 5.92 Å². The van der Waals surface area contributed by atoms with E-state index in [1.165, 1.54) is 17.0 Å². The van der Waals surface area contributed by atoms with E-state index in [1.807, 2.05) is 34.6 Å². The highest BCUT2D eigenvalue weighted by Crippen LogP contribution is 2.29. The third kappa shape index (κ3) is 4.62. The van der Waals surface area contributed by atoms with Crippen LogP contribution in [-0.2, 0) is 12.0 Å². The van der Waals surface area contributed by atoms with E-state index in [0.717, 1.165) is 5.56 Å². The molecule has 0 saturated carbocycles. The van der Waals surface area contributed by atoms with E-state index in [0.29, 0.717) is 12.4 Å². The Bertz CT molecular complexity index is 780. The van der Waals surface area contributed by atoms with Gasteiger partial charge in [0.05, 0.1) is 11.5 Å². The molecule has 1 N–H and O–H groups in total. The zero-order valence-corrected chi connectivity index (χ0v) is 15.7. The molecule has 0 saturated heterocycles. The van der Waals surface area contributed by atoms with E-state index >= 15 is 0 Å². The van der Waals surface area contributed by atoms with Crippen LogP contribution in [0.4, 0.5) is 5.69 Å². The van der Waals surface area contributed by atoms with Crippen molar-refractivity contribution in [3.8, 4) is 0 Å². The Kier molecular flexibility index (Phi) is 5.69. The third-order valence-electron chi connectivity index (χ3n) is 3.89. The number of carbonyl (C=O) groups excluding carboxylic acids is 1. The molecule has 0 atom stereocenters. The van der Waals surface area contributed by atoms with Gasteiger partial charge < -0.3 is 4.90 Å². The van der Waals surface area contributed by atoms with E-state index < -0.39 is 10.8 Å². The number of nitro groups is 1. The predicted octanol–water partition coefficient (Wildman–Crippen LogP) is 2.70. The van der Waals surface area contributed by atoms with Crippen molar-refractivity contribution in [1.29, 1.82) is 0 Å². The van der Waals surface area contributed by atoms with Crippen LogP contribution < -0.4 is 0 Å². The van der Waals surface area contributed by atoms with Crippen LogP contribution >= 0.6 is 0 Å². The number of H-pyrrole nitrogens is 1. The normalized spacial score (nSPS) is 11.6. The molecule has 1 aromatic carbocycles. The first kappa shape index (κ1) is 19.5. The molecule has 9 nitrogen and oxygen atoms in total. The minimum atomic E-state index is -0.510. The minimum Gasteiger partial charge on any atom is -0.330 e. The fourth-order valence-electron chi connectivity index (χ4n) is 2.58. The summed E-state index contributed by atoms with van der Waals surface area (Å²) >= 11 is 0. The van der Waals surface area contributed by atoms with Crippen LogP contribution in [0, 0.1) is 16.0 Å². The maximum atomic E-state index is 13.0. The van der Waals surface area contributed by atoms with Crippen LogP contribution in [0.2, 0.25) is 0 Å². The lowest BCUT2D eigenvalue weighted by atomic mass is 9.86. The van der Waals surface area contributed by atoms with Crippen molar-refractivity contribution in [2.45, 2.75) is 46.6 Å². The highest BCUT2D eigenvalue weighted by Gasteiger charge is 2.28. The van der Waals surface area contributed by atoms with E-state index in [-0.39, 0.29) is 29.1 Å². The van der Waals surface area contributed by atoms with Gasteiger partial charge in [-0.25, -0.2) is 0 Å². The number of nitro benzene ring substituents is 1. The number of hydrogen-bond donors (Lipinski definition) is 1. The van der Waals surface area contributed by atoms with Gasteiger partial charge >= 0.3 is 0 Å². The van der Waals surface area contributed by atoms with Crippen LogP contribution in [0.15, 0.2) is 18.2 Å². The number of amides is 1. The minimum absolute atomic E-state index is 0.0622. The number of benzene rings is 1.